The number of anilines is 1. The SMILES string of the molecule is NCC(=O)N1CCCC[C@H]1c1nc(N)ncc1-c1ccccc1F. The van der Waals surface area contributed by atoms with Crippen LogP contribution in [-0.2, 0) is 4.79 Å². The largest absolute Gasteiger partial charge is 0.368 e. The lowest BCUT2D eigenvalue weighted by Crippen LogP contribution is -2.42. The van der Waals surface area contributed by atoms with Gasteiger partial charge in [0.25, 0.3) is 0 Å². The van der Waals surface area contributed by atoms with E-state index in [-0.39, 0.29) is 30.3 Å². The fraction of sp³-hybridized carbons (Fsp3) is 0.353. The topological polar surface area (TPSA) is 98.1 Å². The van der Waals surface area contributed by atoms with Gasteiger partial charge in [-0.25, -0.2) is 14.4 Å². The average molecular weight is 329 g/mol. The number of hydrogen-bond acceptors (Lipinski definition) is 5. The van der Waals surface area contributed by atoms with Gasteiger partial charge in [0.15, 0.2) is 0 Å². The molecule has 0 unspecified atom stereocenters. The molecule has 0 saturated carbocycles. The van der Waals surface area contributed by atoms with Crippen LogP contribution in [0.25, 0.3) is 11.1 Å². The summed E-state index contributed by atoms with van der Waals surface area (Å²) in [7, 11) is 0. The molecule has 4 N–H and O–H groups in total. The third kappa shape index (κ3) is 3.07. The second kappa shape index (κ2) is 6.92. The fourth-order valence-corrected chi connectivity index (χ4v) is 3.18. The van der Waals surface area contributed by atoms with Gasteiger partial charge in [-0.3, -0.25) is 4.79 Å². The Labute approximate surface area is 139 Å². The minimum absolute atomic E-state index is 0.0634. The van der Waals surface area contributed by atoms with Gasteiger partial charge in [-0.15, -0.1) is 0 Å². The van der Waals surface area contributed by atoms with Crippen LogP contribution in [0, 0.1) is 5.82 Å². The van der Waals surface area contributed by atoms with Crippen molar-refractivity contribution in [2.75, 3.05) is 18.8 Å². The molecule has 1 aliphatic heterocycles. The number of nitrogens with zero attached hydrogens (tertiary/aromatic N) is 3. The zero-order chi connectivity index (χ0) is 17.1. The highest BCUT2D eigenvalue weighted by molar-refractivity contribution is 5.79. The van der Waals surface area contributed by atoms with E-state index in [0.717, 1.165) is 19.3 Å². The summed E-state index contributed by atoms with van der Waals surface area (Å²) in [5.74, 6) is -0.396. The van der Waals surface area contributed by atoms with Gasteiger partial charge in [-0.2, -0.15) is 0 Å². The average Bonchev–Trinajstić information content (AvgIpc) is 2.62. The Bertz CT molecular complexity index is 752. The molecule has 1 fully saturated rings. The molecule has 1 aromatic carbocycles. The van der Waals surface area contributed by atoms with Crippen molar-refractivity contribution in [3.8, 4) is 11.1 Å². The molecule has 1 aromatic heterocycles. The number of piperidine rings is 1. The zero-order valence-corrected chi connectivity index (χ0v) is 13.3. The van der Waals surface area contributed by atoms with Crippen molar-refractivity contribution in [2.45, 2.75) is 25.3 Å². The molecule has 1 amide bonds. The number of amides is 1. The molecule has 0 spiro atoms. The van der Waals surface area contributed by atoms with Gasteiger partial charge in [0.1, 0.15) is 5.82 Å². The highest BCUT2D eigenvalue weighted by Crippen LogP contribution is 2.36. The highest BCUT2D eigenvalue weighted by Gasteiger charge is 2.31. The summed E-state index contributed by atoms with van der Waals surface area (Å²) in [6.45, 7) is 0.549. The van der Waals surface area contributed by atoms with Crippen LogP contribution in [0.15, 0.2) is 30.5 Å². The van der Waals surface area contributed by atoms with Crippen molar-refractivity contribution < 1.29 is 9.18 Å². The second-order valence-corrected chi connectivity index (χ2v) is 5.81. The van der Waals surface area contributed by atoms with Gasteiger partial charge >= 0.3 is 0 Å². The number of nitrogens with two attached hydrogens (primary N) is 2. The molecule has 0 radical (unpaired) electrons. The summed E-state index contributed by atoms with van der Waals surface area (Å²) < 4.78 is 14.3. The number of rotatable bonds is 3. The number of hydrogen-bond donors (Lipinski definition) is 2. The summed E-state index contributed by atoms with van der Waals surface area (Å²) in [6.07, 6.45) is 4.14. The van der Waals surface area contributed by atoms with Crippen molar-refractivity contribution >= 4 is 11.9 Å². The van der Waals surface area contributed by atoms with Crippen LogP contribution in [0.3, 0.4) is 0 Å². The maximum absolute atomic E-state index is 14.3. The van der Waals surface area contributed by atoms with Crippen LogP contribution >= 0.6 is 0 Å². The summed E-state index contributed by atoms with van der Waals surface area (Å²) in [4.78, 5) is 22.3. The van der Waals surface area contributed by atoms with Crippen LogP contribution in [0.4, 0.5) is 10.3 Å². The summed E-state index contributed by atoms with van der Waals surface area (Å²) in [5, 5.41) is 0. The molecule has 1 saturated heterocycles. The van der Waals surface area contributed by atoms with Gasteiger partial charge in [-0.05, 0) is 25.3 Å². The molecular weight excluding hydrogens is 309 g/mol. The number of carbonyl (C=O) groups excluding carboxylic acids is 1. The first-order valence-corrected chi connectivity index (χ1v) is 7.98. The Hall–Kier alpha value is -2.54. The van der Waals surface area contributed by atoms with E-state index in [9.17, 15) is 9.18 Å². The van der Waals surface area contributed by atoms with E-state index < -0.39 is 0 Å². The number of carbonyl (C=O) groups is 1. The predicted octanol–water partition coefficient (Wildman–Crippen LogP) is 1.88. The van der Waals surface area contributed by atoms with Gasteiger partial charge in [-0.1, -0.05) is 18.2 Å². The van der Waals surface area contributed by atoms with Crippen LogP contribution in [0.2, 0.25) is 0 Å². The van der Waals surface area contributed by atoms with E-state index in [1.165, 1.54) is 12.3 Å². The number of likely N-dealkylation sites (tertiary alicyclic amines) is 1. The lowest BCUT2D eigenvalue weighted by atomic mass is 9.93. The molecule has 126 valence electrons. The Morgan fingerprint density at radius 1 is 1.29 bits per heavy atom. The van der Waals surface area contributed by atoms with Gasteiger partial charge < -0.3 is 16.4 Å². The monoisotopic (exact) mass is 329 g/mol. The van der Waals surface area contributed by atoms with Crippen molar-refractivity contribution in [1.82, 2.24) is 14.9 Å². The van der Waals surface area contributed by atoms with Crippen LogP contribution in [-0.4, -0.2) is 33.9 Å². The Balaban J connectivity index is 2.11. The van der Waals surface area contributed by atoms with Crippen molar-refractivity contribution in [3.05, 3.63) is 42.0 Å². The summed E-state index contributed by atoms with van der Waals surface area (Å²) >= 11 is 0. The van der Waals surface area contributed by atoms with Crippen molar-refractivity contribution in [3.63, 3.8) is 0 Å². The molecule has 2 aromatic rings. The van der Waals surface area contributed by atoms with E-state index in [2.05, 4.69) is 9.97 Å². The quantitative estimate of drug-likeness (QED) is 0.896. The van der Waals surface area contributed by atoms with E-state index in [4.69, 9.17) is 11.5 Å². The van der Waals surface area contributed by atoms with Crippen LogP contribution in [0.5, 0.6) is 0 Å². The minimum Gasteiger partial charge on any atom is -0.368 e. The van der Waals surface area contributed by atoms with Gasteiger partial charge in [0, 0.05) is 23.9 Å². The molecule has 3 rings (SSSR count). The molecule has 1 atom stereocenters. The maximum atomic E-state index is 14.3. The molecule has 7 heteroatoms. The normalized spacial score (nSPS) is 17.8. The first-order chi connectivity index (χ1) is 11.6. The molecule has 0 bridgehead atoms. The fourth-order valence-electron chi connectivity index (χ4n) is 3.18. The maximum Gasteiger partial charge on any atom is 0.236 e. The first-order valence-electron chi connectivity index (χ1n) is 7.98. The third-order valence-electron chi connectivity index (χ3n) is 4.31. The Morgan fingerprint density at radius 2 is 2.08 bits per heavy atom. The Kier molecular flexibility index (Phi) is 4.71. The molecule has 6 nitrogen and oxygen atoms in total. The molecular formula is C17H20FN5O. The highest BCUT2D eigenvalue weighted by atomic mass is 19.1. The van der Waals surface area contributed by atoms with Crippen molar-refractivity contribution in [2.24, 2.45) is 5.73 Å². The number of nitrogen functional groups attached to an aromatic ring is 1. The lowest BCUT2D eigenvalue weighted by Gasteiger charge is -2.36. The van der Waals surface area contributed by atoms with Gasteiger partial charge in [0.2, 0.25) is 11.9 Å². The lowest BCUT2D eigenvalue weighted by molar-refractivity contribution is -0.133. The minimum atomic E-state index is -0.361. The third-order valence-corrected chi connectivity index (χ3v) is 4.31. The van der Waals surface area contributed by atoms with Crippen LogP contribution < -0.4 is 11.5 Å². The summed E-state index contributed by atoms with van der Waals surface area (Å²) in [6, 6.07) is 6.17. The molecule has 1 aliphatic rings. The summed E-state index contributed by atoms with van der Waals surface area (Å²) in [5.41, 5.74) is 12.8. The number of halogens is 1. The van der Waals surface area contributed by atoms with Crippen LogP contribution in [0.1, 0.15) is 31.0 Å². The van der Waals surface area contributed by atoms with Gasteiger partial charge in [0.05, 0.1) is 18.3 Å². The second-order valence-electron chi connectivity index (χ2n) is 5.81. The smallest absolute Gasteiger partial charge is 0.236 e. The van der Waals surface area contributed by atoms with E-state index in [1.54, 1.807) is 23.1 Å². The standard InChI is InChI=1S/C17H20FN5O/c18-13-6-2-1-5-11(13)12-10-21-17(20)22-16(12)14-7-3-4-8-23(14)15(24)9-19/h1-2,5-6,10,14H,3-4,7-9,19H2,(H2,20,21,22)/t14-/m0/s1. The zero-order valence-electron chi connectivity index (χ0n) is 13.3. The van der Waals surface area contributed by atoms with Crippen molar-refractivity contribution in [1.29, 1.82) is 0 Å². The number of aromatic nitrogens is 2. The van der Waals surface area contributed by atoms with E-state index in [1.807, 2.05) is 0 Å². The first kappa shape index (κ1) is 16.3. The molecule has 2 heterocycles. The molecule has 24 heavy (non-hydrogen) atoms. The number of benzene rings is 1. The molecule has 0 aliphatic carbocycles. The predicted molar refractivity (Wildman–Crippen MR) is 89.2 cm³/mol. The van der Waals surface area contributed by atoms with E-state index in [0.29, 0.717) is 23.4 Å². The Morgan fingerprint density at radius 3 is 2.83 bits per heavy atom. The van der Waals surface area contributed by atoms with E-state index >= 15 is 0 Å².